The van der Waals surface area contributed by atoms with Crippen LogP contribution in [-0.2, 0) is 0 Å². The molecule has 0 saturated carbocycles. The Morgan fingerprint density at radius 2 is 2.67 bits per heavy atom. The Morgan fingerprint density at radius 3 is 3.22 bits per heavy atom. The van der Waals surface area contributed by atoms with Crippen LogP contribution in [0.3, 0.4) is 0 Å². The van der Waals surface area contributed by atoms with E-state index in [9.17, 15) is 0 Å². The van der Waals surface area contributed by atoms with Gasteiger partial charge in [0.2, 0.25) is 5.89 Å². The van der Waals surface area contributed by atoms with Crippen molar-refractivity contribution < 1.29 is 4.42 Å². The van der Waals surface area contributed by atoms with Crippen molar-refractivity contribution in [3.8, 4) is 6.07 Å². The number of hydrogen-bond acceptors (Lipinski definition) is 3. The number of hydrogen-bond donors (Lipinski definition) is 0. The van der Waals surface area contributed by atoms with Crippen molar-refractivity contribution in [1.82, 2.24) is 4.98 Å². The average molecular weight is 120 g/mol. The standard InChI is InChI=1S/C6H4N2O/c7-3-1-2-6-8-4-5-9-6/h1-2,4-5H. The van der Waals surface area contributed by atoms with Gasteiger partial charge in [-0.25, -0.2) is 4.98 Å². The van der Waals surface area contributed by atoms with Crippen molar-refractivity contribution in [2.24, 2.45) is 0 Å². The molecule has 0 saturated heterocycles. The first-order chi connectivity index (χ1) is 4.43. The summed E-state index contributed by atoms with van der Waals surface area (Å²) in [5.41, 5.74) is 0. The lowest BCUT2D eigenvalue weighted by Crippen LogP contribution is -1.64. The number of aromatic nitrogens is 1. The van der Waals surface area contributed by atoms with Crippen molar-refractivity contribution in [1.29, 1.82) is 5.26 Å². The second-order valence-corrected chi connectivity index (χ2v) is 1.33. The predicted molar refractivity (Wildman–Crippen MR) is 31.1 cm³/mol. The van der Waals surface area contributed by atoms with E-state index in [0.29, 0.717) is 5.89 Å². The largest absolute Gasteiger partial charge is 0.445 e. The van der Waals surface area contributed by atoms with Gasteiger partial charge in [-0.1, -0.05) is 0 Å². The highest BCUT2D eigenvalue weighted by Crippen LogP contribution is 1.95. The number of rotatable bonds is 1. The van der Waals surface area contributed by atoms with E-state index in [1.54, 1.807) is 0 Å². The quantitative estimate of drug-likeness (QED) is 0.523. The van der Waals surface area contributed by atoms with E-state index >= 15 is 0 Å². The molecule has 3 nitrogen and oxygen atoms in total. The first-order valence-electron chi connectivity index (χ1n) is 2.39. The molecular weight excluding hydrogens is 116 g/mol. The van der Waals surface area contributed by atoms with E-state index in [4.69, 9.17) is 9.68 Å². The molecule has 0 atom stereocenters. The number of nitriles is 1. The van der Waals surface area contributed by atoms with Gasteiger partial charge in [-0.2, -0.15) is 5.26 Å². The molecule has 0 bridgehead atoms. The third-order valence-electron chi connectivity index (χ3n) is 0.752. The molecule has 1 heterocycles. The Bertz CT molecular complexity index is 230. The van der Waals surface area contributed by atoms with Gasteiger partial charge < -0.3 is 4.42 Å². The van der Waals surface area contributed by atoms with Crippen LogP contribution in [0.5, 0.6) is 0 Å². The monoisotopic (exact) mass is 120 g/mol. The van der Waals surface area contributed by atoms with Crippen LogP contribution >= 0.6 is 0 Å². The molecule has 0 N–H and O–H groups in total. The van der Waals surface area contributed by atoms with E-state index in [0.717, 1.165) is 0 Å². The van der Waals surface area contributed by atoms with Gasteiger partial charge in [0, 0.05) is 12.2 Å². The highest BCUT2D eigenvalue weighted by atomic mass is 16.3. The second kappa shape index (κ2) is 2.68. The fourth-order valence-corrected chi connectivity index (χ4v) is 0.425. The smallest absolute Gasteiger partial charge is 0.219 e. The summed E-state index contributed by atoms with van der Waals surface area (Å²) >= 11 is 0. The highest BCUT2D eigenvalue weighted by molar-refractivity contribution is 5.41. The SMILES string of the molecule is N#CC=Cc1ncco1. The summed E-state index contributed by atoms with van der Waals surface area (Å²) < 4.78 is 4.79. The van der Waals surface area contributed by atoms with Crippen LogP contribution in [0.2, 0.25) is 0 Å². The number of allylic oxidation sites excluding steroid dienone is 1. The summed E-state index contributed by atoms with van der Waals surface area (Å²) in [6, 6.07) is 1.83. The molecule has 0 aliphatic carbocycles. The van der Waals surface area contributed by atoms with Gasteiger partial charge in [0.1, 0.15) is 6.26 Å². The first kappa shape index (κ1) is 5.57. The minimum absolute atomic E-state index is 0.455. The lowest BCUT2D eigenvalue weighted by molar-refractivity contribution is 0.546. The summed E-state index contributed by atoms with van der Waals surface area (Å²) in [6.45, 7) is 0. The molecule has 9 heavy (non-hydrogen) atoms. The summed E-state index contributed by atoms with van der Waals surface area (Å²) in [5, 5.41) is 8.06. The highest BCUT2D eigenvalue weighted by Gasteiger charge is 1.85. The van der Waals surface area contributed by atoms with Gasteiger partial charge in [-0.3, -0.25) is 0 Å². The minimum atomic E-state index is 0.455. The first-order valence-corrected chi connectivity index (χ1v) is 2.39. The number of oxazole rings is 1. The van der Waals surface area contributed by atoms with Gasteiger partial charge in [-0.05, 0) is 0 Å². The fourth-order valence-electron chi connectivity index (χ4n) is 0.425. The Hall–Kier alpha value is -1.56. The molecule has 1 aromatic heterocycles. The average Bonchev–Trinajstić information content (AvgIpc) is 2.34. The third-order valence-corrected chi connectivity index (χ3v) is 0.752. The molecule has 0 aliphatic heterocycles. The van der Waals surface area contributed by atoms with E-state index in [-0.39, 0.29) is 0 Å². The van der Waals surface area contributed by atoms with Crippen LogP contribution in [0.1, 0.15) is 5.89 Å². The third kappa shape index (κ3) is 1.42. The zero-order valence-electron chi connectivity index (χ0n) is 4.61. The molecule has 3 heteroatoms. The summed E-state index contributed by atoms with van der Waals surface area (Å²) in [5.74, 6) is 0.455. The van der Waals surface area contributed by atoms with Crippen LogP contribution < -0.4 is 0 Å². The molecule has 0 aromatic carbocycles. The number of nitrogens with zero attached hydrogens (tertiary/aromatic N) is 2. The lowest BCUT2D eigenvalue weighted by Gasteiger charge is -1.73. The summed E-state index contributed by atoms with van der Waals surface area (Å²) in [4.78, 5) is 3.75. The minimum Gasteiger partial charge on any atom is -0.445 e. The van der Waals surface area contributed by atoms with Gasteiger partial charge >= 0.3 is 0 Å². The van der Waals surface area contributed by atoms with Crippen LogP contribution in [0.4, 0.5) is 0 Å². The Morgan fingerprint density at radius 1 is 1.78 bits per heavy atom. The molecule has 0 radical (unpaired) electrons. The van der Waals surface area contributed by atoms with Crippen molar-refractivity contribution in [3.05, 3.63) is 24.4 Å². The molecule has 0 fully saturated rings. The maximum Gasteiger partial charge on any atom is 0.219 e. The molecule has 0 spiro atoms. The van der Waals surface area contributed by atoms with E-state index in [1.807, 2.05) is 6.07 Å². The van der Waals surface area contributed by atoms with Gasteiger partial charge in [0.05, 0.1) is 12.3 Å². The zero-order valence-corrected chi connectivity index (χ0v) is 4.61. The molecule has 44 valence electrons. The molecule has 0 unspecified atom stereocenters. The van der Waals surface area contributed by atoms with Crippen molar-refractivity contribution in [2.75, 3.05) is 0 Å². The van der Waals surface area contributed by atoms with E-state index < -0.39 is 0 Å². The molecule has 0 aliphatic rings. The molecular formula is C6H4N2O. The van der Waals surface area contributed by atoms with Gasteiger partial charge in [-0.15, -0.1) is 0 Å². The van der Waals surface area contributed by atoms with Crippen molar-refractivity contribution >= 4 is 6.08 Å². The fraction of sp³-hybridized carbons (Fsp3) is 0. The molecule has 1 aromatic rings. The Balaban J connectivity index is 2.71. The topological polar surface area (TPSA) is 49.8 Å². The summed E-state index contributed by atoms with van der Waals surface area (Å²) in [7, 11) is 0. The van der Waals surface area contributed by atoms with Crippen molar-refractivity contribution in [2.45, 2.75) is 0 Å². The van der Waals surface area contributed by atoms with Crippen LogP contribution in [0, 0.1) is 11.3 Å². The second-order valence-electron chi connectivity index (χ2n) is 1.33. The Kier molecular flexibility index (Phi) is 1.66. The van der Waals surface area contributed by atoms with E-state index in [2.05, 4.69) is 4.98 Å². The molecule has 0 amide bonds. The maximum absolute atomic E-state index is 8.06. The lowest BCUT2D eigenvalue weighted by atomic mass is 10.5. The normalized spacial score (nSPS) is 9.67. The van der Waals surface area contributed by atoms with Crippen LogP contribution in [0.15, 0.2) is 23.0 Å². The van der Waals surface area contributed by atoms with Crippen LogP contribution in [0.25, 0.3) is 6.08 Å². The van der Waals surface area contributed by atoms with E-state index in [1.165, 1.54) is 24.6 Å². The van der Waals surface area contributed by atoms with Gasteiger partial charge in [0.25, 0.3) is 0 Å². The Labute approximate surface area is 52.2 Å². The zero-order chi connectivity index (χ0) is 6.53. The predicted octanol–water partition coefficient (Wildman–Crippen LogP) is 1.21. The van der Waals surface area contributed by atoms with Gasteiger partial charge in [0.15, 0.2) is 0 Å². The van der Waals surface area contributed by atoms with Crippen LogP contribution in [-0.4, -0.2) is 4.98 Å². The van der Waals surface area contributed by atoms with Crippen molar-refractivity contribution in [3.63, 3.8) is 0 Å². The molecule has 1 rings (SSSR count). The summed E-state index contributed by atoms with van der Waals surface area (Å²) in [6.07, 6.45) is 5.79. The maximum atomic E-state index is 8.06.